The second-order valence-corrected chi connectivity index (χ2v) is 8.12. The molecule has 1 heterocycles. The van der Waals surface area contributed by atoms with Gasteiger partial charge in [-0.1, -0.05) is 61.5 Å². The molecule has 4 nitrogen and oxygen atoms in total. The summed E-state index contributed by atoms with van der Waals surface area (Å²) >= 11 is 0. The highest BCUT2D eigenvalue weighted by molar-refractivity contribution is 5.83. The molecule has 0 aliphatic carbocycles. The fraction of sp³-hybridized carbons (Fsp3) is 0.440. The van der Waals surface area contributed by atoms with Gasteiger partial charge in [0.1, 0.15) is 0 Å². The van der Waals surface area contributed by atoms with E-state index in [4.69, 9.17) is 0 Å². The van der Waals surface area contributed by atoms with E-state index in [2.05, 4.69) is 48.6 Å². The van der Waals surface area contributed by atoms with Crippen molar-refractivity contribution in [2.24, 2.45) is 5.41 Å². The molecule has 0 saturated carbocycles. The summed E-state index contributed by atoms with van der Waals surface area (Å²) in [6.07, 6.45) is 4.00. The topological polar surface area (TPSA) is 49.4 Å². The third-order valence-electron chi connectivity index (χ3n) is 6.16. The molecule has 0 aromatic heterocycles. The molecule has 1 aliphatic heterocycles. The number of rotatable bonds is 7. The maximum Gasteiger partial charge on any atom is 0.226 e. The van der Waals surface area contributed by atoms with Crippen molar-refractivity contribution in [1.29, 1.82) is 0 Å². The maximum atomic E-state index is 13.3. The van der Waals surface area contributed by atoms with Gasteiger partial charge in [-0.15, -0.1) is 0 Å². The van der Waals surface area contributed by atoms with Crippen LogP contribution >= 0.6 is 0 Å². The average molecular weight is 393 g/mol. The van der Waals surface area contributed by atoms with Crippen LogP contribution in [0.3, 0.4) is 0 Å². The van der Waals surface area contributed by atoms with Gasteiger partial charge in [0, 0.05) is 26.6 Å². The molecular formula is C25H32N2O2. The number of carbonyl (C=O) groups is 2. The SMILES string of the molecule is CCc1ccc(CCNC(=O)C2(Cc3ccccc3)CCN(C(C)=O)CC2)cc1. The molecule has 2 aromatic carbocycles. The Bertz CT molecular complexity index is 806. The molecule has 2 amide bonds. The first-order valence-corrected chi connectivity index (χ1v) is 10.7. The van der Waals surface area contributed by atoms with Crippen LogP contribution in [0, 0.1) is 5.41 Å². The maximum absolute atomic E-state index is 13.3. The molecule has 1 N–H and O–H groups in total. The molecule has 1 aliphatic rings. The molecule has 3 rings (SSSR count). The number of nitrogens with one attached hydrogen (secondary N) is 1. The number of carbonyl (C=O) groups excluding carboxylic acids is 2. The molecule has 4 heteroatoms. The lowest BCUT2D eigenvalue weighted by Crippen LogP contribution is -2.51. The smallest absolute Gasteiger partial charge is 0.226 e. The molecule has 1 fully saturated rings. The zero-order valence-electron chi connectivity index (χ0n) is 17.6. The van der Waals surface area contributed by atoms with E-state index in [1.165, 1.54) is 16.7 Å². The van der Waals surface area contributed by atoms with E-state index in [1.807, 2.05) is 23.1 Å². The van der Waals surface area contributed by atoms with Crippen LogP contribution < -0.4 is 5.32 Å². The molecule has 1 saturated heterocycles. The van der Waals surface area contributed by atoms with Crippen molar-refractivity contribution in [2.75, 3.05) is 19.6 Å². The van der Waals surface area contributed by atoms with Crippen molar-refractivity contribution in [3.05, 3.63) is 71.3 Å². The molecule has 0 atom stereocenters. The Balaban J connectivity index is 1.64. The molecule has 0 unspecified atom stereocenters. The lowest BCUT2D eigenvalue weighted by atomic mass is 9.73. The molecule has 0 bridgehead atoms. The molecule has 0 spiro atoms. The Morgan fingerprint density at radius 3 is 2.14 bits per heavy atom. The summed E-state index contributed by atoms with van der Waals surface area (Å²) in [6, 6.07) is 18.8. The van der Waals surface area contributed by atoms with Gasteiger partial charge in [-0.3, -0.25) is 9.59 Å². The Hall–Kier alpha value is -2.62. The van der Waals surface area contributed by atoms with Gasteiger partial charge in [0.15, 0.2) is 0 Å². The minimum atomic E-state index is -0.445. The lowest BCUT2D eigenvalue weighted by Gasteiger charge is -2.40. The molecule has 2 aromatic rings. The number of hydrogen-bond donors (Lipinski definition) is 1. The van der Waals surface area contributed by atoms with Gasteiger partial charge in [-0.05, 0) is 48.8 Å². The zero-order valence-corrected chi connectivity index (χ0v) is 17.6. The van der Waals surface area contributed by atoms with E-state index in [0.29, 0.717) is 32.5 Å². The predicted molar refractivity (Wildman–Crippen MR) is 117 cm³/mol. The normalized spacial score (nSPS) is 15.7. The van der Waals surface area contributed by atoms with E-state index >= 15 is 0 Å². The summed E-state index contributed by atoms with van der Waals surface area (Å²) in [7, 11) is 0. The van der Waals surface area contributed by atoms with E-state index < -0.39 is 5.41 Å². The predicted octanol–water partition coefficient (Wildman–Crippen LogP) is 3.78. The Kier molecular flexibility index (Phi) is 7.08. The third-order valence-corrected chi connectivity index (χ3v) is 6.16. The molecule has 29 heavy (non-hydrogen) atoms. The van der Waals surface area contributed by atoms with Crippen LogP contribution in [-0.2, 0) is 28.9 Å². The van der Waals surface area contributed by atoms with Crippen molar-refractivity contribution in [3.8, 4) is 0 Å². The summed E-state index contributed by atoms with van der Waals surface area (Å²) in [5, 5.41) is 3.19. The first kappa shape index (κ1) is 21.1. The van der Waals surface area contributed by atoms with Crippen LogP contribution in [0.4, 0.5) is 0 Å². The van der Waals surface area contributed by atoms with Crippen molar-refractivity contribution in [1.82, 2.24) is 10.2 Å². The number of amides is 2. The summed E-state index contributed by atoms with van der Waals surface area (Å²) < 4.78 is 0. The Labute approximate surface area is 174 Å². The third kappa shape index (κ3) is 5.47. The van der Waals surface area contributed by atoms with E-state index in [9.17, 15) is 9.59 Å². The van der Waals surface area contributed by atoms with Crippen LogP contribution in [-0.4, -0.2) is 36.3 Å². The standard InChI is InChI=1S/C25H32N2O2/c1-3-21-9-11-22(12-10-21)13-16-26-24(29)25(19-23-7-5-4-6-8-23)14-17-27(18-15-25)20(2)28/h4-12H,3,13-19H2,1-2H3,(H,26,29). The molecule has 154 valence electrons. The highest BCUT2D eigenvalue weighted by Crippen LogP contribution is 2.35. The minimum Gasteiger partial charge on any atom is -0.355 e. The fourth-order valence-electron chi connectivity index (χ4n) is 4.17. The van der Waals surface area contributed by atoms with Crippen LogP contribution in [0.1, 0.15) is 43.4 Å². The van der Waals surface area contributed by atoms with E-state index in [0.717, 1.165) is 19.3 Å². The summed E-state index contributed by atoms with van der Waals surface area (Å²) in [5.41, 5.74) is 3.30. The van der Waals surface area contributed by atoms with Gasteiger partial charge in [0.2, 0.25) is 11.8 Å². The van der Waals surface area contributed by atoms with Crippen LogP contribution in [0.25, 0.3) is 0 Å². The van der Waals surface area contributed by atoms with Crippen molar-refractivity contribution >= 4 is 11.8 Å². The summed E-state index contributed by atoms with van der Waals surface area (Å²) in [6.45, 7) is 5.69. The second-order valence-electron chi connectivity index (χ2n) is 8.12. The largest absolute Gasteiger partial charge is 0.355 e. The van der Waals surface area contributed by atoms with Gasteiger partial charge in [0.05, 0.1) is 5.41 Å². The quantitative estimate of drug-likeness (QED) is 0.780. The van der Waals surface area contributed by atoms with Crippen LogP contribution in [0.5, 0.6) is 0 Å². The van der Waals surface area contributed by atoms with E-state index in [-0.39, 0.29) is 11.8 Å². The highest BCUT2D eigenvalue weighted by Gasteiger charge is 2.41. The first-order valence-electron chi connectivity index (χ1n) is 10.7. The first-order chi connectivity index (χ1) is 14.0. The Morgan fingerprint density at radius 2 is 1.55 bits per heavy atom. The minimum absolute atomic E-state index is 0.0919. The van der Waals surface area contributed by atoms with Crippen LogP contribution in [0.15, 0.2) is 54.6 Å². The number of likely N-dealkylation sites (tertiary alicyclic amines) is 1. The zero-order chi connectivity index (χ0) is 20.7. The van der Waals surface area contributed by atoms with Gasteiger partial charge in [0.25, 0.3) is 0 Å². The number of aryl methyl sites for hydroxylation is 1. The molecule has 0 radical (unpaired) electrons. The number of benzene rings is 2. The van der Waals surface area contributed by atoms with Crippen LogP contribution in [0.2, 0.25) is 0 Å². The van der Waals surface area contributed by atoms with Crippen molar-refractivity contribution in [3.63, 3.8) is 0 Å². The second kappa shape index (κ2) is 9.73. The fourth-order valence-corrected chi connectivity index (χ4v) is 4.17. The summed E-state index contributed by atoms with van der Waals surface area (Å²) in [4.78, 5) is 26.9. The Morgan fingerprint density at radius 1 is 0.931 bits per heavy atom. The van der Waals surface area contributed by atoms with Gasteiger partial charge >= 0.3 is 0 Å². The van der Waals surface area contributed by atoms with Gasteiger partial charge in [-0.25, -0.2) is 0 Å². The van der Waals surface area contributed by atoms with Gasteiger partial charge in [-0.2, -0.15) is 0 Å². The summed E-state index contributed by atoms with van der Waals surface area (Å²) in [5.74, 6) is 0.212. The van der Waals surface area contributed by atoms with E-state index in [1.54, 1.807) is 6.92 Å². The average Bonchev–Trinajstić information content (AvgIpc) is 2.75. The number of piperidine rings is 1. The monoisotopic (exact) mass is 392 g/mol. The van der Waals surface area contributed by atoms with Crippen molar-refractivity contribution < 1.29 is 9.59 Å². The van der Waals surface area contributed by atoms with Crippen molar-refractivity contribution in [2.45, 2.75) is 46.0 Å². The number of hydrogen-bond acceptors (Lipinski definition) is 2. The highest BCUT2D eigenvalue weighted by atomic mass is 16.2. The lowest BCUT2D eigenvalue weighted by molar-refractivity contribution is -0.139. The molecular weight excluding hydrogens is 360 g/mol. The van der Waals surface area contributed by atoms with Gasteiger partial charge < -0.3 is 10.2 Å². The number of nitrogens with zero attached hydrogens (tertiary/aromatic N) is 1.